The number of nitrogen functional groups attached to an aromatic ring is 1. The van der Waals surface area contributed by atoms with Gasteiger partial charge in [0.15, 0.2) is 17.8 Å². The summed E-state index contributed by atoms with van der Waals surface area (Å²) in [6, 6.07) is 2.13. The average Bonchev–Trinajstić information content (AvgIpc) is 3.11. The number of hydrogen-bond donors (Lipinski definition) is 1. The van der Waals surface area contributed by atoms with E-state index in [9.17, 15) is 10.1 Å². The van der Waals surface area contributed by atoms with Crippen molar-refractivity contribution in [3.63, 3.8) is 0 Å². The minimum absolute atomic E-state index is 0.0571. The van der Waals surface area contributed by atoms with Gasteiger partial charge in [0.25, 0.3) is 0 Å². The van der Waals surface area contributed by atoms with E-state index in [1.54, 1.807) is 11.3 Å². The Bertz CT molecular complexity index is 816. The highest BCUT2D eigenvalue weighted by molar-refractivity contribution is 7.18. The highest BCUT2D eigenvalue weighted by atomic mass is 32.1. The van der Waals surface area contributed by atoms with Gasteiger partial charge in [-0.25, -0.2) is 9.97 Å². The monoisotopic (exact) mass is 330 g/mol. The number of carbonyl (C=O) groups excluding carboxylic acids is 1. The lowest BCUT2D eigenvalue weighted by Gasteiger charge is -2.17. The molecule has 0 amide bonds. The number of nitriles is 1. The highest BCUT2D eigenvalue weighted by Gasteiger charge is 2.43. The van der Waals surface area contributed by atoms with Gasteiger partial charge in [-0.15, -0.1) is 11.3 Å². The smallest absolute Gasteiger partial charge is 0.326 e. The number of fused-ring (bicyclic) bond motifs is 1. The molecule has 2 aromatic heterocycles. The first-order valence-electron chi connectivity index (χ1n) is 7.57. The maximum Gasteiger partial charge on any atom is 0.326 e. The summed E-state index contributed by atoms with van der Waals surface area (Å²) < 4.78 is 5.31. The topological polar surface area (TPSA) is 102 Å². The van der Waals surface area contributed by atoms with Gasteiger partial charge in [-0.1, -0.05) is 12.8 Å². The van der Waals surface area contributed by atoms with Gasteiger partial charge in [0, 0.05) is 4.88 Å². The largest absolute Gasteiger partial charge is 0.456 e. The summed E-state index contributed by atoms with van der Waals surface area (Å²) in [4.78, 5) is 22.9. The van der Waals surface area contributed by atoms with Crippen LogP contribution in [0.5, 0.6) is 0 Å². The molecule has 2 aromatic rings. The molecule has 2 heterocycles. The summed E-state index contributed by atoms with van der Waals surface area (Å²) in [6.07, 6.45) is 2.89. The Morgan fingerprint density at radius 3 is 2.74 bits per heavy atom. The van der Waals surface area contributed by atoms with Crippen molar-refractivity contribution in [2.75, 3.05) is 5.73 Å². The number of ether oxygens (including phenoxy) is 1. The van der Waals surface area contributed by atoms with Crippen LogP contribution in [-0.2, 0) is 16.1 Å². The first-order valence-corrected chi connectivity index (χ1v) is 8.39. The molecule has 0 bridgehead atoms. The Morgan fingerprint density at radius 2 is 2.09 bits per heavy atom. The number of rotatable bonds is 3. The second-order valence-electron chi connectivity index (χ2n) is 5.97. The van der Waals surface area contributed by atoms with E-state index < -0.39 is 11.4 Å². The minimum Gasteiger partial charge on any atom is -0.456 e. The molecular formula is C16H18N4O2S. The fraction of sp³-hybridized carbons (Fsp3) is 0.500. The first kappa shape index (κ1) is 15.7. The standard InChI is InChI=1S/C16H18N4O2S/c1-9-10(2)23-14-12(9)13(18)19-11(20-14)7-22-15(21)16(8-17)5-3-4-6-16/h3-7H2,1-2H3,(H2,18,19,20). The molecule has 0 unspecified atom stereocenters. The van der Waals surface area contributed by atoms with Gasteiger partial charge in [0.05, 0.1) is 11.5 Å². The van der Waals surface area contributed by atoms with Crippen molar-refractivity contribution < 1.29 is 9.53 Å². The molecule has 6 nitrogen and oxygen atoms in total. The van der Waals surface area contributed by atoms with Crippen LogP contribution in [0.15, 0.2) is 0 Å². The fourth-order valence-corrected chi connectivity index (χ4v) is 4.06. The Morgan fingerprint density at radius 1 is 1.39 bits per heavy atom. The van der Waals surface area contributed by atoms with E-state index in [0.29, 0.717) is 24.5 Å². The summed E-state index contributed by atoms with van der Waals surface area (Å²) in [5.74, 6) is 0.299. The average molecular weight is 330 g/mol. The van der Waals surface area contributed by atoms with Crippen LogP contribution in [0.1, 0.15) is 41.9 Å². The zero-order valence-corrected chi connectivity index (χ0v) is 14.0. The van der Waals surface area contributed by atoms with E-state index in [-0.39, 0.29) is 6.61 Å². The van der Waals surface area contributed by atoms with E-state index in [1.165, 1.54) is 0 Å². The van der Waals surface area contributed by atoms with Crippen LogP contribution in [-0.4, -0.2) is 15.9 Å². The molecule has 120 valence electrons. The molecule has 1 aliphatic rings. The van der Waals surface area contributed by atoms with Crippen molar-refractivity contribution in [2.24, 2.45) is 5.41 Å². The molecule has 1 saturated carbocycles. The van der Waals surface area contributed by atoms with Crippen molar-refractivity contribution in [2.45, 2.75) is 46.1 Å². The molecule has 0 atom stereocenters. The molecule has 0 saturated heterocycles. The van der Waals surface area contributed by atoms with Crippen molar-refractivity contribution in [3.05, 3.63) is 16.3 Å². The highest BCUT2D eigenvalue weighted by Crippen LogP contribution is 2.39. The Balaban J connectivity index is 1.80. The molecule has 7 heteroatoms. The van der Waals surface area contributed by atoms with Gasteiger partial charge in [-0.3, -0.25) is 4.79 Å². The van der Waals surface area contributed by atoms with Crippen LogP contribution in [0.25, 0.3) is 10.2 Å². The Kier molecular flexibility index (Phi) is 3.94. The minimum atomic E-state index is -0.994. The third-order valence-electron chi connectivity index (χ3n) is 4.50. The SMILES string of the molecule is Cc1sc2nc(COC(=O)C3(C#N)CCCC3)nc(N)c2c1C. The molecule has 3 rings (SSSR count). The van der Waals surface area contributed by atoms with E-state index >= 15 is 0 Å². The van der Waals surface area contributed by atoms with Crippen LogP contribution in [0, 0.1) is 30.6 Å². The normalized spacial score (nSPS) is 16.4. The van der Waals surface area contributed by atoms with Crippen molar-refractivity contribution in [1.82, 2.24) is 9.97 Å². The molecule has 23 heavy (non-hydrogen) atoms. The number of hydrogen-bond acceptors (Lipinski definition) is 7. The van der Waals surface area contributed by atoms with Gasteiger partial charge in [-0.05, 0) is 32.3 Å². The number of carbonyl (C=O) groups is 1. The van der Waals surface area contributed by atoms with Crippen LogP contribution in [0.2, 0.25) is 0 Å². The molecule has 1 fully saturated rings. The van der Waals surface area contributed by atoms with Crippen LogP contribution >= 0.6 is 11.3 Å². The summed E-state index contributed by atoms with van der Waals surface area (Å²) in [6.45, 7) is 3.94. The fourth-order valence-electron chi connectivity index (χ4n) is 3.00. The maximum atomic E-state index is 12.2. The lowest BCUT2D eigenvalue weighted by atomic mass is 9.88. The molecule has 1 aliphatic carbocycles. The van der Waals surface area contributed by atoms with Crippen molar-refractivity contribution in [1.29, 1.82) is 5.26 Å². The zero-order valence-electron chi connectivity index (χ0n) is 13.2. The van der Waals surface area contributed by atoms with E-state index in [2.05, 4.69) is 16.0 Å². The van der Waals surface area contributed by atoms with Gasteiger partial charge >= 0.3 is 5.97 Å². The van der Waals surface area contributed by atoms with Gasteiger partial charge in [-0.2, -0.15) is 5.26 Å². The molecular weight excluding hydrogens is 312 g/mol. The zero-order chi connectivity index (χ0) is 16.6. The number of nitrogens with zero attached hydrogens (tertiary/aromatic N) is 3. The molecule has 0 aliphatic heterocycles. The van der Waals surface area contributed by atoms with Crippen molar-refractivity contribution >= 4 is 33.3 Å². The number of nitrogens with two attached hydrogens (primary N) is 1. The van der Waals surface area contributed by atoms with Gasteiger partial charge in [0.1, 0.15) is 10.6 Å². The second-order valence-corrected chi connectivity index (χ2v) is 7.17. The predicted molar refractivity (Wildman–Crippen MR) is 87.6 cm³/mol. The van der Waals surface area contributed by atoms with Crippen LogP contribution < -0.4 is 5.73 Å². The number of aromatic nitrogens is 2. The Hall–Kier alpha value is -2.20. The summed E-state index contributed by atoms with van der Waals surface area (Å²) in [5.41, 5.74) is 6.10. The molecule has 0 spiro atoms. The first-order chi connectivity index (χ1) is 11.0. The summed E-state index contributed by atoms with van der Waals surface area (Å²) in [5, 5.41) is 10.2. The second kappa shape index (κ2) is 5.78. The number of thiophene rings is 1. The molecule has 2 N–H and O–H groups in total. The summed E-state index contributed by atoms with van der Waals surface area (Å²) in [7, 11) is 0. The van der Waals surface area contributed by atoms with Crippen LogP contribution in [0.4, 0.5) is 5.82 Å². The quantitative estimate of drug-likeness (QED) is 0.868. The predicted octanol–water partition coefficient (Wildman–Crippen LogP) is 3.02. The number of anilines is 1. The van der Waals surface area contributed by atoms with Gasteiger partial charge < -0.3 is 10.5 Å². The van der Waals surface area contributed by atoms with E-state index in [0.717, 1.165) is 33.5 Å². The van der Waals surface area contributed by atoms with Crippen LogP contribution in [0.3, 0.4) is 0 Å². The third-order valence-corrected chi connectivity index (χ3v) is 5.60. The Labute approximate surface area is 138 Å². The van der Waals surface area contributed by atoms with E-state index in [4.69, 9.17) is 10.5 Å². The van der Waals surface area contributed by atoms with E-state index in [1.807, 2.05) is 13.8 Å². The number of esters is 1. The lowest BCUT2D eigenvalue weighted by Crippen LogP contribution is -2.28. The maximum absolute atomic E-state index is 12.2. The molecule has 0 radical (unpaired) electrons. The third kappa shape index (κ3) is 2.63. The number of aryl methyl sites for hydroxylation is 2. The van der Waals surface area contributed by atoms with Gasteiger partial charge in [0.2, 0.25) is 0 Å². The molecule has 0 aromatic carbocycles. The van der Waals surface area contributed by atoms with Crippen molar-refractivity contribution in [3.8, 4) is 6.07 Å². The lowest BCUT2D eigenvalue weighted by molar-refractivity contribution is -0.153. The summed E-state index contributed by atoms with van der Waals surface area (Å²) >= 11 is 1.55.